The molecule has 0 saturated carbocycles. The minimum Gasteiger partial charge on any atom is -0.293 e. The van der Waals surface area contributed by atoms with Crippen LogP contribution in [0.15, 0.2) is 29.8 Å². The Labute approximate surface area is 95.0 Å². The van der Waals surface area contributed by atoms with Gasteiger partial charge in [0, 0.05) is 12.8 Å². The van der Waals surface area contributed by atoms with Crippen LogP contribution in [0.1, 0.15) is 46.5 Å². The number of hydrogen-bond acceptors (Lipinski definition) is 1. The third-order valence-corrected chi connectivity index (χ3v) is 2.90. The molecule has 0 spiro atoms. The molecule has 0 aromatic rings. The molecule has 1 unspecified atom stereocenters. The molecule has 0 bridgehead atoms. The molecule has 0 N–H and O–H groups in total. The van der Waals surface area contributed by atoms with Gasteiger partial charge in [-0.25, -0.2) is 0 Å². The molecule has 0 radical (unpaired) electrons. The summed E-state index contributed by atoms with van der Waals surface area (Å²) in [5, 5.41) is 0. The summed E-state index contributed by atoms with van der Waals surface area (Å²) in [6.45, 7) is 11.4. The van der Waals surface area contributed by atoms with Crippen molar-refractivity contribution in [3.8, 4) is 0 Å². The number of hydrogen-bond donors (Lipinski definition) is 0. The quantitative estimate of drug-likeness (QED) is 0.413. The Morgan fingerprint density at radius 2 is 2.00 bits per heavy atom. The first-order valence-corrected chi connectivity index (χ1v) is 5.96. The van der Waals surface area contributed by atoms with Crippen LogP contribution in [0.3, 0.4) is 0 Å². The van der Waals surface area contributed by atoms with E-state index < -0.39 is 0 Å². The molecule has 0 aliphatic carbocycles. The number of unbranched alkanes of at least 4 members (excludes halogenated alkanes) is 1. The third-order valence-electron chi connectivity index (χ3n) is 2.90. The first-order chi connectivity index (χ1) is 7.18. The summed E-state index contributed by atoms with van der Waals surface area (Å²) < 4.78 is 0. The number of allylic oxidation sites excluding steroid dienone is 3. The molecule has 15 heavy (non-hydrogen) atoms. The van der Waals surface area contributed by atoms with E-state index in [1.807, 2.05) is 18.4 Å². The van der Waals surface area contributed by atoms with Crippen LogP contribution in [0.5, 0.6) is 0 Å². The van der Waals surface area contributed by atoms with Gasteiger partial charge in [-0.1, -0.05) is 52.3 Å². The fourth-order valence-electron chi connectivity index (χ4n) is 1.43. The summed E-state index contributed by atoms with van der Waals surface area (Å²) in [6.07, 6.45) is 12.5. The van der Waals surface area contributed by atoms with Crippen LogP contribution in [0.25, 0.3) is 0 Å². The second-order valence-corrected chi connectivity index (χ2v) is 4.38. The molecule has 1 heteroatoms. The molecule has 1 nitrogen and oxygen atoms in total. The minimum atomic E-state index is 0.383. The average molecular weight is 207 g/mol. The Morgan fingerprint density at radius 3 is 2.53 bits per heavy atom. The van der Waals surface area contributed by atoms with Gasteiger partial charge in [-0.15, -0.1) is 0 Å². The van der Waals surface area contributed by atoms with E-state index in [0.717, 1.165) is 6.54 Å². The van der Waals surface area contributed by atoms with E-state index >= 15 is 0 Å². The summed E-state index contributed by atoms with van der Waals surface area (Å²) in [4.78, 5) is 4.45. The van der Waals surface area contributed by atoms with Gasteiger partial charge in [-0.3, -0.25) is 4.99 Å². The highest BCUT2D eigenvalue weighted by Crippen LogP contribution is 2.28. The van der Waals surface area contributed by atoms with Crippen LogP contribution in [0, 0.1) is 5.41 Å². The highest BCUT2D eigenvalue weighted by atomic mass is 14.7. The normalized spacial score (nSPS) is 15.9. The zero-order valence-electron chi connectivity index (χ0n) is 10.5. The summed E-state index contributed by atoms with van der Waals surface area (Å²) >= 11 is 0. The number of rotatable bonds is 8. The van der Waals surface area contributed by atoms with Gasteiger partial charge >= 0.3 is 0 Å². The minimum absolute atomic E-state index is 0.383. The lowest BCUT2D eigenvalue weighted by atomic mass is 9.82. The van der Waals surface area contributed by atoms with Crippen LogP contribution in [-0.4, -0.2) is 12.8 Å². The topological polar surface area (TPSA) is 12.4 Å². The van der Waals surface area contributed by atoms with E-state index in [2.05, 4.69) is 32.3 Å². The van der Waals surface area contributed by atoms with E-state index in [0.29, 0.717) is 5.41 Å². The van der Waals surface area contributed by atoms with E-state index in [-0.39, 0.29) is 0 Å². The van der Waals surface area contributed by atoms with Gasteiger partial charge in [0.1, 0.15) is 0 Å². The number of nitrogens with zero attached hydrogens (tertiary/aromatic N) is 1. The second-order valence-electron chi connectivity index (χ2n) is 4.38. The Balaban J connectivity index is 4.01. The highest BCUT2D eigenvalue weighted by Gasteiger charge is 2.19. The largest absolute Gasteiger partial charge is 0.293 e. The van der Waals surface area contributed by atoms with Gasteiger partial charge in [0.25, 0.3) is 0 Å². The van der Waals surface area contributed by atoms with Gasteiger partial charge in [-0.05, 0) is 24.3 Å². The lowest BCUT2D eigenvalue weighted by Gasteiger charge is -2.25. The van der Waals surface area contributed by atoms with Gasteiger partial charge in [0.2, 0.25) is 0 Å². The Hall–Kier alpha value is -0.850. The van der Waals surface area contributed by atoms with Crippen molar-refractivity contribution < 1.29 is 0 Å². The van der Waals surface area contributed by atoms with Crippen LogP contribution in [0.2, 0.25) is 0 Å². The van der Waals surface area contributed by atoms with Crippen molar-refractivity contribution in [2.75, 3.05) is 6.54 Å². The molecular formula is C14H25N. The SMILES string of the molecule is C=C/C=C\C=NCC(C)(CC)CCCC. The zero-order valence-corrected chi connectivity index (χ0v) is 10.5. The van der Waals surface area contributed by atoms with E-state index in [9.17, 15) is 0 Å². The van der Waals surface area contributed by atoms with Crippen molar-refractivity contribution in [2.24, 2.45) is 10.4 Å². The first-order valence-electron chi connectivity index (χ1n) is 5.96. The maximum atomic E-state index is 4.45. The zero-order chi connectivity index (χ0) is 11.6. The summed E-state index contributed by atoms with van der Waals surface area (Å²) in [7, 11) is 0. The summed E-state index contributed by atoms with van der Waals surface area (Å²) in [6, 6.07) is 0. The number of aliphatic imine (C=N–C) groups is 1. The van der Waals surface area contributed by atoms with Crippen LogP contribution in [-0.2, 0) is 0 Å². The smallest absolute Gasteiger partial charge is 0.0442 e. The molecule has 0 amide bonds. The van der Waals surface area contributed by atoms with Crippen molar-refractivity contribution in [3.63, 3.8) is 0 Å². The highest BCUT2D eigenvalue weighted by molar-refractivity contribution is 5.71. The molecule has 0 aliphatic heterocycles. The fourth-order valence-corrected chi connectivity index (χ4v) is 1.43. The summed E-state index contributed by atoms with van der Waals surface area (Å²) in [5.41, 5.74) is 0.383. The predicted octanol–water partition coefficient (Wildman–Crippen LogP) is 4.41. The Morgan fingerprint density at radius 1 is 1.27 bits per heavy atom. The molecular weight excluding hydrogens is 182 g/mol. The van der Waals surface area contributed by atoms with Crippen LogP contribution < -0.4 is 0 Å². The average Bonchev–Trinajstić information content (AvgIpc) is 2.26. The molecule has 0 aromatic heterocycles. The van der Waals surface area contributed by atoms with Gasteiger partial charge in [-0.2, -0.15) is 0 Å². The van der Waals surface area contributed by atoms with Crippen molar-refractivity contribution in [1.29, 1.82) is 0 Å². The van der Waals surface area contributed by atoms with Crippen molar-refractivity contribution >= 4 is 6.21 Å². The molecule has 86 valence electrons. The van der Waals surface area contributed by atoms with E-state index in [1.165, 1.54) is 25.7 Å². The van der Waals surface area contributed by atoms with Gasteiger partial charge in [0.05, 0.1) is 0 Å². The van der Waals surface area contributed by atoms with Crippen LogP contribution in [0.4, 0.5) is 0 Å². The predicted molar refractivity (Wildman–Crippen MR) is 70.6 cm³/mol. The molecule has 0 saturated heterocycles. The van der Waals surface area contributed by atoms with Crippen molar-refractivity contribution in [1.82, 2.24) is 0 Å². The monoisotopic (exact) mass is 207 g/mol. The molecule has 0 heterocycles. The molecule has 0 aromatic carbocycles. The molecule has 1 atom stereocenters. The Kier molecular flexibility index (Phi) is 7.98. The lowest BCUT2D eigenvalue weighted by molar-refractivity contribution is 0.288. The lowest BCUT2D eigenvalue weighted by Crippen LogP contribution is -2.19. The maximum Gasteiger partial charge on any atom is 0.0442 e. The second kappa shape index (κ2) is 8.46. The molecule has 0 fully saturated rings. The van der Waals surface area contributed by atoms with Crippen LogP contribution >= 0.6 is 0 Å². The van der Waals surface area contributed by atoms with Gasteiger partial charge in [0.15, 0.2) is 0 Å². The Bertz CT molecular complexity index is 215. The van der Waals surface area contributed by atoms with Crippen molar-refractivity contribution in [3.05, 3.63) is 24.8 Å². The maximum absolute atomic E-state index is 4.45. The third kappa shape index (κ3) is 7.12. The summed E-state index contributed by atoms with van der Waals surface area (Å²) in [5.74, 6) is 0. The van der Waals surface area contributed by atoms with Gasteiger partial charge < -0.3 is 0 Å². The molecule has 0 aliphatic rings. The van der Waals surface area contributed by atoms with Crippen molar-refractivity contribution in [2.45, 2.75) is 46.5 Å². The fraction of sp³-hybridized carbons (Fsp3) is 0.643. The van der Waals surface area contributed by atoms with E-state index in [4.69, 9.17) is 0 Å². The first kappa shape index (κ1) is 14.2. The van der Waals surface area contributed by atoms with E-state index in [1.54, 1.807) is 6.08 Å². The molecule has 0 rings (SSSR count). The standard InChI is InChI=1S/C14H25N/c1-5-8-10-12-15-13-14(4,7-3)11-9-6-2/h5,8,10,12H,1,6-7,9,11,13H2,2-4H3/b10-8-,15-12?.